The zero-order valence-corrected chi connectivity index (χ0v) is 22.7. The van der Waals surface area contributed by atoms with Gasteiger partial charge in [-0.25, -0.2) is 9.48 Å². The molecule has 0 saturated heterocycles. The van der Waals surface area contributed by atoms with E-state index in [2.05, 4.69) is 34.3 Å². The zero-order chi connectivity index (χ0) is 24.9. The summed E-state index contributed by atoms with van der Waals surface area (Å²) in [4.78, 5) is 12.9. The zero-order valence-electron chi connectivity index (χ0n) is 19.5. The number of carbonyl (C=O) groups excluding carboxylic acids is 1. The molecule has 2 aromatic carbocycles. The predicted molar refractivity (Wildman–Crippen MR) is 143 cm³/mol. The van der Waals surface area contributed by atoms with Gasteiger partial charge in [-0.05, 0) is 82.7 Å². The molecule has 4 rings (SSSR count). The van der Waals surface area contributed by atoms with Crippen LogP contribution in [0.4, 0.5) is 0 Å². The highest BCUT2D eigenvalue weighted by Crippen LogP contribution is 2.36. The number of methoxy groups -OCH3 is 1. The lowest BCUT2D eigenvalue weighted by Gasteiger charge is -2.11. The Labute approximate surface area is 221 Å². The van der Waals surface area contributed by atoms with Crippen molar-refractivity contribution in [1.82, 2.24) is 9.78 Å². The molecule has 0 unspecified atom stereocenters. The fourth-order valence-electron chi connectivity index (χ4n) is 3.51. The van der Waals surface area contributed by atoms with Crippen LogP contribution in [0.15, 0.2) is 58.4 Å². The van der Waals surface area contributed by atoms with Crippen molar-refractivity contribution < 1.29 is 19.0 Å². The third-order valence-electron chi connectivity index (χ3n) is 5.22. The topological polar surface area (TPSA) is 62.6 Å². The third-order valence-corrected chi connectivity index (χ3v) is 7.33. The van der Waals surface area contributed by atoms with Crippen LogP contribution in [0, 0.1) is 6.92 Å². The Morgan fingerprint density at radius 3 is 2.49 bits per heavy atom. The minimum atomic E-state index is -0.384. The van der Waals surface area contributed by atoms with Crippen molar-refractivity contribution in [3.63, 3.8) is 0 Å². The van der Waals surface area contributed by atoms with Crippen molar-refractivity contribution in [2.45, 2.75) is 20.4 Å². The van der Waals surface area contributed by atoms with Crippen LogP contribution in [0.25, 0.3) is 21.7 Å². The smallest absolute Gasteiger partial charge is 0.337 e. The number of aromatic nitrogens is 2. The van der Waals surface area contributed by atoms with Crippen LogP contribution in [0.2, 0.25) is 5.02 Å². The van der Waals surface area contributed by atoms with Gasteiger partial charge >= 0.3 is 5.97 Å². The van der Waals surface area contributed by atoms with Crippen molar-refractivity contribution >= 4 is 44.8 Å². The molecule has 0 atom stereocenters. The molecule has 0 bridgehead atoms. The summed E-state index contributed by atoms with van der Waals surface area (Å²) in [5, 5.41) is 7.40. The molecule has 0 amide bonds. The number of aryl methyl sites for hydroxylation is 1. The first kappa shape index (κ1) is 25.3. The van der Waals surface area contributed by atoms with Crippen LogP contribution in [0.5, 0.6) is 11.6 Å². The number of hydrogen-bond donors (Lipinski definition) is 0. The Hall–Kier alpha value is -2.81. The van der Waals surface area contributed by atoms with Gasteiger partial charge in [0.15, 0.2) is 0 Å². The van der Waals surface area contributed by atoms with Crippen molar-refractivity contribution in [3.8, 4) is 33.3 Å². The monoisotopic (exact) mass is 574 g/mol. The summed E-state index contributed by atoms with van der Waals surface area (Å²) in [6.07, 6.45) is 0. The van der Waals surface area contributed by atoms with E-state index in [4.69, 9.17) is 30.9 Å². The molecule has 0 aliphatic heterocycles. The van der Waals surface area contributed by atoms with E-state index in [1.807, 2.05) is 37.3 Å². The Bertz CT molecular complexity index is 1330. The Kier molecular flexibility index (Phi) is 8.15. The van der Waals surface area contributed by atoms with E-state index in [0.29, 0.717) is 47.7 Å². The molecule has 2 aromatic heterocycles. The lowest BCUT2D eigenvalue weighted by molar-refractivity contribution is 0.0600. The quantitative estimate of drug-likeness (QED) is 0.196. The summed E-state index contributed by atoms with van der Waals surface area (Å²) in [5.41, 5.74) is 4.32. The van der Waals surface area contributed by atoms with Crippen LogP contribution >= 0.6 is 38.9 Å². The highest BCUT2D eigenvalue weighted by Gasteiger charge is 2.19. The minimum Gasteiger partial charge on any atom is -0.490 e. The SMILES string of the molecule is CCOc1c(Br)c(-c2ccc(C(=O)OC)cc2)nn1CCOc1ccc(-c2cc(C)cs2)cc1Cl. The van der Waals surface area contributed by atoms with E-state index in [1.54, 1.807) is 28.2 Å². The molecule has 0 saturated carbocycles. The first-order chi connectivity index (χ1) is 16.9. The van der Waals surface area contributed by atoms with Crippen LogP contribution in [-0.4, -0.2) is 36.1 Å². The first-order valence-electron chi connectivity index (χ1n) is 11.0. The molecule has 4 aromatic rings. The Morgan fingerprint density at radius 2 is 1.86 bits per heavy atom. The van der Waals surface area contributed by atoms with Crippen molar-refractivity contribution in [1.29, 1.82) is 0 Å². The maximum absolute atomic E-state index is 11.7. The normalized spacial score (nSPS) is 10.9. The first-order valence-corrected chi connectivity index (χ1v) is 13.0. The molecule has 0 aliphatic carbocycles. The average molecular weight is 576 g/mol. The molecule has 0 radical (unpaired) electrons. The van der Waals surface area contributed by atoms with Gasteiger partial charge in [0.2, 0.25) is 5.88 Å². The standard InChI is InChI=1S/C26H24BrClN2O4S/c1-4-33-25-23(27)24(17-5-7-18(8-6-17)26(31)32-3)29-30(25)11-12-34-21-10-9-19(14-20(21)28)22-13-16(2)15-35-22/h5-10,13-15H,4,11-12H2,1-3H3. The highest BCUT2D eigenvalue weighted by atomic mass is 79.9. The lowest BCUT2D eigenvalue weighted by atomic mass is 10.1. The van der Waals surface area contributed by atoms with E-state index in [1.165, 1.54) is 17.6 Å². The summed E-state index contributed by atoms with van der Waals surface area (Å²) in [5.74, 6) is 0.842. The summed E-state index contributed by atoms with van der Waals surface area (Å²) in [6, 6.07) is 15.0. The summed E-state index contributed by atoms with van der Waals surface area (Å²) >= 11 is 11.8. The van der Waals surface area contributed by atoms with Gasteiger partial charge in [0.25, 0.3) is 0 Å². The van der Waals surface area contributed by atoms with Gasteiger partial charge in [0, 0.05) is 10.4 Å². The van der Waals surface area contributed by atoms with Crippen molar-refractivity contribution in [2.75, 3.05) is 20.3 Å². The molecule has 0 spiro atoms. The minimum absolute atomic E-state index is 0.353. The van der Waals surface area contributed by atoms with E-state index in [9.17, 15) is 4.79 Å². The number of nitrogens with zero attached hydrogens (tertiary/aromatic N) is 2. The highest BCUT2D eigenvalue weighted by molar-refractivity contribution is 9.10. The fourth-order valence-corrected chi connectivity index (χ4v) is 5.27. The maximum atomic E-state index is 11.7. The summed E-state index contributed by atoms with van der Waals surface area (Å²) in [7, 11) is 1.36. The van der Waals surface area contributed by atoms with Crippen LogP contribution in [0.3, 0.4) is 0 Å². The van der Waals surface area contributed by atoms with Gasteiger partial charge in [-0.15, -0.1) is 11.3 Å². The third kappa shape index (κ3) is 5.72. The number of ether oxygens (including phenoxy) is 3. The molecular formula is C26H24BrClN2O4S. The van der Waals surface area contributed by atoms with Crippen molar-refractivity contribution in [3.05, 3.63) is 74.5 Å². The second kappa shape index (κ2) is 11.3. The summed E-state index contributed by atoms with van der Waals surface area (Å²) in [6.45, 7) is 5.29. The molecule has 2 heterocycles. The van der Waals surface area contributed by atoms with E-state index in [0.717, 1.165) is 15.6 Å². The number of hydrogen-bond acceptors (Lipinski definition) is 6. The molecule has 182 valence electrons. The lowest BCUT2D eigenvalue weighted by Crippen LogP contribution is -2.12. The van der Waals surface area contributed by atoms with Gasteiger partial charge in [-0.1, -0.05) is 23.7 Å². The van der Waals surface area contributed by atoms with Crippen LogP contribution in [0.1, 0.15) is 22.8 Å². The van der Waals surface area contributed by atoms with E-state index < -0.39 is 0 Å². The van der Waals surface area contributed by atoms with Gasteiger partial charge in [-0.3, -0.25) is 0 Å². The number of halogens is 2. The number of esters is 1. The number of rotatable bonds is 9. The molecular weight excluding hydrogens is 552 g/mol. The predicted octanol–water partition coefficient (Wildman–Crippen LogP) is 7.27. The average Bonchev–Trinajstić information content (AvgIpc) is 3.43. The molecule has 0 aliphatic rings. The number of thiophene rings is 1. The second-order valence-electron chi connectivity index (χ2n) is 7.67. The molecule has 9 heteroatoms. The van der Waals surface area contributed by atoms with Crippen molar-refractivity contribution in [2.24, 2.45) is 0 Å². The van der Waals surface area contributed by atoms with E-state index in [-0.39, 0.29) is 5.97 Å². The number of benzene rings is 2. The molecule has 0 N–H and O–H groups in total. The van der Waals surface area contributed by atoms with Crippen LogP contribution in [-0.2, 0) is 11.3 Å². The molecule has 6 nitrogen and oxygen atoms in total. The van der Waals surface area contributed by atoms with Gasteiger partial charge < -0.3 is 14.2 Å². The molecule has 35 heavy (non-hydrogen) atoms. The Balaban J connectivity index is 1.49. The largest absolute Gasteiger partial charge is 0.490 e. The van der Waals surface area contributed by atoms with Gasteiger partial charge in [0.05, 0.1) is 30.8 Å². The molecule has 0 fully saturated rings. The maximum Gasteiger partial charge on any atom is 0.337 e. The van der Waals surface area contributed by atoms with Crippen LogP contribution < -0.4 is 9.47 Å². The second-order valence-corrected chi connectivity index (χ2v) is 9.79. The Morgan fingerprint density at radius 1 is 1.11 bits per heavy atom. The number of carbonyl (C=O) groups is 1. The fraction of sp³-hybridized carbons (Fsp3) is 0.231. The van der Waals surface area contributed by atoms with E-state index >= 15 is 0 Å². The summed E-state index contributed by atoms with van der Waals surface area (Å²) < 4.78 is 19.1. The van der Waals surface area contributed by atoms with Gasteiger partial charge in [0.1, 0.15) is 22.5 Å². The van der Waals surface area contributed by atoms with Gasteiger partial charge in [-0.2, -0.15) is 5.10 Å².